The lowest BCUT2D eigenvalue weighted by Crippen LogP contribution is -2.43. The van der Waals surface area contributed by atoms with Crippen LogP contribution in [0, 0.1) is 0 Å². The lowest BCUT2D eigenvalue weighted by Gasteiger charge is -2.30. The van der Waals surface area contributed by atoms with E-state index < -0.39 is 14.1 Å². The largest absolute Gasteiger partial charge is 0.515 e. The highest BCUT2D eigenvalue weighted by Crippen LogP contribution is 2.75. The van der Waals surface area contributed by atoms with Gasteiger partial charge in [-0.15, -0.1) is 23.2 Å². The molecule has 0 aliphatic heterocycles. The number of alkyl halides is 4. The normalized spacial score (nSPS) is 43.6. The summed E-state index contributed by atoms with van der Waals surface area (Å²) in [4.78, 5) is -3.08. The Hall–Kier alpha value is 0.760. The molecule has 2 rings (SSSR count). The third-order valence-corrected chi connectivity index (χ3v) is 7.04. The molecule has 88 valence electrons. The lowest BCUT2D eigenvalue weighted by molar-refractivity contribution is 0.464. The molecule has 0 heterocycles. The molecule has 2 atom stereocenters. The molecule has 0 saturated heterocycles. The highest BCUT2D eigenvalue weighted by Gasteiger charge is 2.78. The minimum atomic E-state index is -1.71. The number of allylic oxidation sites excluding steroid dienone is 4. The number of aliphatic hydroxyl groups excluding tert-OH is 1. The van der Waals surface area contributed by atoms with Crippen LogP contribution >= 0.6 is 69.6 Å². The Morgan fingerprint density at radius 3 is 1.81 bits per heavy atom. The second-order valence-electron chi connectivity index (χ2n) is 3.54. The molecule has 16 heavy (non-hydrogen) atoms. The summed E-state index contributed by atoms with van der Waals surface area (Å²) >= 11 is 36.8. The van der Waals surface area contributed by atoms with E-state index >= 15 is 0 Å². The molecule has 2 aliphatic rings. The van der Waals surface area contributed by atoms with Crippen LogP contribution in [0.25, 0.3) is 0 Å². The summed E-state index contributed by atoms with van der Waals surface area (Å²) in [6.45, 7) is 3.70. The fourth-order valence-corrected chi connectivity index (χ4v) is 4.65. The van der Waals surface area contributed by atoms with Crippen LogP contribution in [0.4, 0.5) is 0 Å². The Kier molecular flexibility index (Phi) is 2.81. The minimum Gasteiger partial charge on any atom is -0.515 e. The maximum Gasteiger partial charge on any atom is 0.174 e. The maximum absolute atomic E-state index is 9.17. The number of rotatable bonds is 0. The van der Waals surface area contributed by atoms with Gasteiger partial charge in [-0.3, -0.25) is 0 Å². The number of fused-ring (bicyclic) bond motifs is 2. The highest BCUT2D eigenvalue weighted by molar-refractivity contribution is 6.67. The molecule has 2 aliphatic carbocycles. The Bertz CT molecular complexity index is 465. The van der Waals surface area contributed by atoms with Gasteiger partial charge in [-0.1, -0.05) is 53.0 Å². The first-order valence-electron chi connectivity index (χ1n) is 4.03. The van der Waals surface area contributed by atoms with Crippen molar-refractivity contribution in [2.75, 3.05) is 0 Å². The van der Waals surface area contributed by atoms with Crippen molar-refractivity contribution in [2.24, 2.45) is 0 Å². The number of hydrogen-bond donors (Lipinski definition) is 1. The molecule has 0 amide bonds. The van der Waals surface area contributed by atoms with Gasteiger partial charge >= 0.3 is 0 Å². The predicted octanol–water partition coefficient (Wildman–Crippen LogP) is 4.83. The number of halogens is 6. The summed E-state index contributed by atoms with van der Waals surface area (Å²) in [6.07, 6.45) is 0.741. The van der Waals surface area contributed by atoms with Crippen LogP contribution in [-0.4, -0.2) is 19.2 Å². The molecular formula is C9H4Cl6O. The van der Waals surface area contributed by atoms with Crippen LogP contribution in [0.5, 0.6) is 0 Å². The Labute approximate surface area is 122 Å². The molecular weight excluding hydrogens is 337 g/mol. The van der Waals surface area contributed by atoms with Crippen molar-refractivity contribution >= 4 is 69.6 Å². The summed E-state index contributed by atoms with van der Waals surface area (Å²) in [5.74, 6) is 0. The Morgan fingerprint density at radius 2 is 1.44 bits per heavy atom. The van der Waals surface area contributed by atoms with Crippen molar-refractivity contribution in [2.45, 2.75) is 14.1 Å². The van der Waals surface area contributed by atoms with E-state index in [9.17, 15) is 0 Å². The van der Waals surface area contributed by atoms with Crippen molar-refractivity contribution < 1.29 is 5.11 Å². The zero-order valence-electron chi connectivity index (χ0n) is 7.50. The second-order valence-corrected chi connectivity index (χ2v) is 6.76. The van der Waals surface area contributed by atoms with E-state index in [0.29, 0.717) is 0 Å². The van der Waals surface area contributed by atoms with Crippen molar-refractivity contribution in [1.82, 2.24) is 0 Å². The van der Waals surface area contributed by atoms with Crippen LogP contribution in [0.3, 0.4) is 0 Å². The molecule has 1 nitrogen and oxygen atoms in total. The zero-order chi connectivity index (χ0) is 12.5. The summed E-state index contributed by atoms with van der Waals surface area (Å²) < 4.78 is -1.71. The molecule has 1 saturated carbocycles. The van der Waals surface area contributed by atoms with Gasteiger partial charge in [0.1, 0.15) is 9.75 Å². The van der Waals surface area contributed by atoms with E-state index in [2.05, 4.69) is 6.58 Å². The maximum atomic E-state index is 9.17. The van der Waals surface area contributed by atoms with Crippen molar-refractivity contribution in [3.8, 4) is 0 Å². The Balaban J connectivity index is 2.89. The molecule has 0 radical (unpaired) electrons. The second kappa shape index (κ2) is 3.40. The first kappa shape index (κ1) is 13.2. The van der Waals surface area contributed by atoms with Crippen LogP contribution in [-0.2, 0) is 0 Å². The summed E-state index contributed by atoms with van der Waals surface area (Å²) in [5.41, 5.74) is 0.412. The number of aliphatic hydroxyl groups is 1. The van der Waals surface area contributed by atoms with Crippen LogP contribution in [0.1, 0.15) is 0 Å². The number of hydrogen-bond acceptors (Lipinski definition) is 1. The topological polar surface area (TPSA) is 20.2 Å². The molecule has 0 aromatic rings. The van der Waals surface area contributed by atoms with E-state index in [1.807, 2.05) is 0 Å². The van der Waals surface area contributed by atoms with Crippen LogP contribution in [0.2, 0.25) is 0 Å². The zero-order valence-corrected chi connectivity index (χ0v) is 12.0. The lowest BCUT2D eigenvalue weighted by atomic mass is 9.96. The average molecular weight is 341 g/mol. The summed E-state index contributed by atoms with van der Waals surface area (Å²) in [5, 5.41) is 9.20. The molecule has 2 bridgehead atoms. The van der Waals surface area contributed by atoms with Crippen molar-refractivity contribution in [1.29, 1.82) is 0 Å². The first-order chi connectivity index (χ1) is 7.17. The third kappa shape index (κ3) is 1.00. The van der Waals surface area contributed by atoms with E-state index in [1.165, 1.54) is 0 Å². The summed E-state index contributed by atoms with van der Waals surface area (Å²) in [6, 6.07) is 0. The summed E-state index contributed by atoms with van der Waals surface area (Å²) in [7, 11) is 0. The molecule has 1 fully saturated rings. The van der Waals surface area contributed by atoms with Crippen molar-refractivity contribution in [3.63, 3.8) is 0 Å². The van der Waals surface area contributed by atoms with Gasteiger partial charge in [0, 0.05) is 5.57 Å². The molecule has 0 aromatic carbocycles. The SMILES string of the molecule is C=C1/C(=C/O)C2(Cl)C(Cl)=C(Cl)C1(Cl)C2(Cl)Cl. The van der Waals surface area contributed by atoms with Crippen molar-refractivity contribution in [3.05, 3.63) is 34.1 Å². The smallest absolute Gasteiger partial charge is 0.174 e. The molecule has 1 N–H and O–H groups in total. The minimum absolute atomic E-state index is 0.00327. The Morgan fingerprint density at radius 1 is 1.00 bits per heavy atom. The highest BCUT2D eigenvalue weighted by atomic mass is 35.5. The molecule has 0 spiro atoms. The van der Waals surface area contributed by atoms with Gasteiger partial charge in [0.15, 0.2) is 4.33 Å². The average Bonchev–Trinajstić information content (AvgIpc) is 2.40. The van der Waals surface area contributed by atoms with E-state index in [0.717, 1.165) is 6.26 Å². The fraction of sp³-hybridized carbons (Fsp3) is 0.333. The first-order valence-corrected chi connectivity index (χ1v) is 6.30. The standard InChI is InChI=1S/C9H4Cl6O/c1-3-4(2-16)8(13)6(11)5(10)7(3,12)9(8,14)15/h2,16H,1H2/b4-2-. The molecule has 2 unspecified atom stereocenters. The van der Waals surface area contributed by atoms with Gasteiger partial charge in [0.05, 0.1) is 16.3 Å². The predicted molar refractivity (Wildman–Crippen MR) is 70.2 cm³/mol. The van der Waals surface area contributed by atoms with Gasteiger partial charge in [-0.2, -0.15) is 0 Å². The molecule has 0 aromatic heterocycles. The fourth-order valence-electron chi connectivity index (χ4n) is 1.99. The van der Waals surface area contributed by atoms with Gasteiger partial charge in [0.2, 0.25) is 0 Å². The van der Waals surface area contributed by atoms with E-state index in [-0.39, 0.29) is 21.2 Å². The quantitative estimate of drug-likeness (QED) is 0.494. The van der Waals surface area contributed by atoms with Gasteiger partial charge in [-0.05, 0) is 5.57 Å². The monoisotopic (exact) mass is 338 g/mol. The van der Waals surface area contributed by atoms with Gasteiger partial charge in [0.25, 0.3) is 0 Å². The van der Waals surface area contributed by atoms with Crippen LogP contribution < -0.4 is 0 Å². The van der Waals surface area contributed by atoms with E-state index in [1.54, 1.807) is 0 Å². The van der Waals surface area contributed by atoms with Gasteiger partial charge < -0.3 is 5.11 Å². The van der Waals surface area contributed by atoms with Crippen LogP contribution in [0.15, 0.2) is 34.1 Å². The molecule has 7 heteroatoms. The van der Waals surface area contributed by atoms with Gasteiger partial charge in [-0.25, -0.2) is 0 Å². The van der Waals surface area contributed by atoms with E-state index in [4.69, 9.17) is 74.7 Å². The third-order valence-electron chi connectivity index (χ3n) is 2.90.